The van der Waals surface area contributed by atoms with Crippen molar-refractivity contribution in [1.29, 1.82) is 0 Å². The van der Waals surface area contributed by atoms with Crippen LogP contribution in [0.15, 0.2) is 36.5 Å². The molecule has 0 atom stereocenters. The first-order valence-electron chi connectivity index (χ1n) is 8.04. The second-order valence-electron chi connectivity index (χ2n) is 6.11. The predicted octanol–water partition coefficient (Wildman–Crippen LogP) is 5.04. The molecular formula is C20H19NO2S. The summed E-state index contributed by atoms with van der Waals surface area (Å²) in [4.78, 5) is 1.16. The third-order valence-electron chi connectivity index (χ3n) is 4.68. The fourth-order valence-electron chi connectivity index (χ4n) is 3.16. The summed E-state index contributed by atoms with van der Waals surface area (Å²) in [5.74, 6) is 1.92. The largest absolute Gasteiger partial charge is 0.496 e. The molecule has 0 saturated carbocycles. The summed E-state index contributed by atoms with van der Waals surface area (Å²) < 4.78 is 15.7. The van der Waals surface area contributed by atoms with E-state index < -0.39 is 0 Å². The number of aromatic nitrogens is 1. The van der Waals surface area contributed by atoms with E-state index in [4.69, 9.17) is 9.47 Å². The Labute approximate surface area is 146 Å². The van der Waals surface area contributed by atoms with E-state index in [9.17, 15) is 0 Å². The van der Waals surface area contributed by atoms with E-state index in [0.717, 1.165) is 46.1 Å². The quantitative estimate of drug-likeness (QED) is 0.671. The molecule has 1 aliphatic rings. The van der Waals surface area contributed by atoms with Crippen LogP contribution in [-0.4, -0.2) is 18.1 Å². The van der Waals surface area contributed by atoms with Crippen molar-refractivity contribution in [2.45, 2.75) is 20.3 Å². The van der Waals surface area contributed by atoms with Gasteiger partial charge in [0.15, 0.2) is 0 Å². The number of nitrogens with zero attached hydrogens (tertiary/aromatic N) is 1. The lowest BCUT2D eigenvalue weighted by atomic mass is 9.98. The highest BCUT2D eigenvalue weighted by atomic mass is 32.1. The highest BCUT2D eigenvalue weighted by molar-refractivity contribution is 7.10. The Morgan fingerprint density at radius 1 is 1.12 bits per heavy atom. The molecule has 1 aromatic heterocycles. The molecule has 0 unspecified atom stereocenters. The maximum Gasteiger partial charge on any atom is 0.123 e. The van der Waals surface area contributed by atoms with Crippen molar-refractivity contribution in [1.82, 2.24) is 4.37 Å². The van der Waals surface area contributed by atoms with E-state index >= 15 is 0 Å². The van der Waals surface area contributed by atoms with Gasteiger partial charge in [-0.15, -0.1) is 0 Å². The molecule has 3 aromatic rings. The zero-order valence-electron chi connectivity index (χ0n) is 14.1. The van der Waals surface area contributed by atoms with E-state index in [1.807, 2.05) is 6.20 Å². The van der Waals surface area contributed by atoms with Gasteiger partial charge in [0.05, 0.1) is 18.6 Å². The van der Waals surface area contributed by atoms with Gasteiger partial charge in [0.1, 0.15) is 11.5 Å². The molecule has 0 radical (unpaired) electrons. The average molecular weight is 337 g/mol. The van der Waals surface area contributed by atoms with Crippen molar-refractivity contribution in [2.24, 2.45) is 0 Å². The topological polar surface area (TPSA) is 31.4 Å². The first-order chi connectivity index (χ1) is 11.7. The monoisotopic (exact) mass is 337 g/mol. The molecule has 0 spiro atoms. The lowest BCUT2D eigenvalue weighted by Crippen LogP contribution is -1.91. The van der Waals surface area contributed by atoms with E-state index in [1.54, 1.807) is 7.11 Å². The minimum Gasteiger partial charge on any atom is -0.496 e. The van der Waals surface area contributed by atoms with Crippen molar-refractivity contribution >= 4 is 11.5 Å². The summed E-state index contributed by atoms with van der Waals surface area (Å²) in [7, 11) is 1.72. The number of aryl methyl sites for hydroxylation is 1. The van der Waals surface area contributed by atoms with Crippen LogP contribution < -0.4 is 9.47 Å². The molecule has 0 aliphatic carbocycles. The first kappa shape index (κ1) is 15.2. The molecule has 2 heterocycles. The summed E-state index contributed by atoms with van der Waals surface area (Å²) in [6.45, 7) is 4.98. The summed E-state index contributed by atoms with van der Waals surface area (Å²) in [6, 6.07) is 10.8. The van der Waals surface area contributed by atoms with Gasteiger partial charge >= 0.3 is 0 Å². The average Bonchev–Trinajstić information content (AvgIpc) is 3.25. The lowest BCUT2D eigenvalue weighted by Gasteiger charge is -2.11. The van der Waals surface area contributed by atoms with Crippen LogP contribution in [0, 0.1) is 13.8 Å². The molecule has 3 nitrogen and oxygen atoms in total. The Morgan fingerprint density at radius 3 is 2.83 bits per heavy atom. The Morgan fingerprint density at radius 2 is 2.00 bits per heavy atom. The van der Waals surface area contributed by atoms with Crippen LogP contribution in [-0.2, 0) is 6.42 Å². The van der Waals surface area contributed by atoms with Crippen LogP contribution in [0.25, 0.3) is 21.6 Å². The van der Waals surface area contributed by atoms with Gasteiger partial charge in [0.25, 0.3) is 0 Å². The third kappa shape index (κ3) is 2.47. The maximum atomic E-state index is 5.72. The van der Waals surface area contributed by atoms with E-state index in [0.29, 0.717) is 0 Å². The van der Waals surface area contributed by atoms with Crippen molar-refractivity contribution < 1.29 is 9.47 Å². The van der Waals surface area contributed by atoms with Crippen LogP contribution in [0.5, 0.6) is 11.5 Å². The molecule has 0 bridgehead atoms. The fraction of sp³-hybridized carbons (Fsp3) is 0.250. The molecule has 4 rings (SSSR count). The number of ether oxygens (including phenoxy) is 2. The predicted molar refractivity (Wildman–Crippen MR) is 98.2 cm³/mol. The molecule has 0 N–H and O–H groups in total. The summed E-state index contributed by atoms with van der Waals surface area (Å²) in [5, 5.41) is 0. The molecular weight excluding hydrogens is 318 g/mol. The molecule has 0 saturated heterocycles. The number of rotatable bonds is 3. The minimum absolute atomic E-state index is 0.780. The van der Waals surface area contributed by atoms with Gasteiger partial charge in [-0.1, -0.05) is 18.2 Å². The van der Waals surface area contributed by atoms with E-state index in [-0.39, 0.29) is 0 Å². The third-order valence-corrected chi connectivity index (χ3v) is 5.53. The number of fused-ring (bicyclic) bond motifs is 1. The smallest absolute Gasteiger partial charge is 0.123 e. The Balaban J connectivity index is 1.82. The molecule has 0 amide bonds. The molecule has 2 aromatic carbocycles. The van der Waals surface area contributed by atoms with Crippen LogP contribution in [0.2, 0.25) is 0 Å². The normalized spacial score (nSPS) is 12.8. The number of hydrogen-bond acceptors (Lipinski definition) is 4. The van der Waals surface area contributed by atoms with E-state index in [1.165, 1.54) is 28.2 Å². The number of benzene rings is 2. The molecule has 122 valence electrons. The van der Waals surface area contributed by atoms with Gasteiger partial charge in [-0.3, -0.25) is 0 Å². The Bertz CT molecular complexity index is 914. The minimum atomic E-state index is 0.780. The van der Waals surface area contributed by atoms with Crippen molar-refractivity contribution in [3.8, 4) is 33.1 Å². The fourth-order valence-corrected chi connectivity index (χ4v) is 3.91. The SMILES string of the molecule is COc1cc(-c2sncc2-c2ccc3c(c2)OCC3)cc(C)c1C. The zero-order chi connectivity index (χ0) is 16.7. The molecule has 0 fully saturated rings. The molecule has 24 heavy (non-hydrogen) atoms. The second kappa shape index (κ2) is 5.95. The Hall–Kier alpha value is -2.33. The lowest BCUT2D eigenvalue weighted by molar-refractivity contribution is 0.357. The summed E-state index contributed by atoms with van der Waals surface area (Å²) >= 11 is 1.52. The van der Waals surface area contributed by atoms with Gasteiger partial charge in [0.2, 0.25) is 0 Å². The van der Waals surface area contributed by atoms with Gasteiger partial charge in [-0.05, 0) is 65.3 Å². The van der Waals surface area contributed by atoms with Gasteiger partial charge in [0, 0.05) is 18.2 Å². The zero-order valence-corrected chi connectivity index (χ0v) is 14.9. The van der Waals surface area contributed by atoms with Gasteiger partial charge in [-0.2, -0.15) is 4.37 Å². The van der Waals surface area contributed by atoms with Crippen molar-refractivity contribution in [3.05, 3.63) is 53.2 Å². The molecule has 4 heteroatoms. The second-order valence-corrected chi connectivity index (χ2v) is 6.91. The molecule has 1 aliphatic heterocycles. The van der Waals surface area contributed by atoms with Crippen LogP contribution in [0.3, 0.4) is 0 Å². The summed E-state index contributed by atoms with van der Waals surface area (Å²) in [5.41, 5.74) is 7.13. The summed E-state index contributed by atoms with van der Waals surface area (Å²) in [6.07, 6.45) is 2.94. The van der Waals surface area contributed by atoms with Gasteiger partial charge in [-0.25, -0.2) is 0 Å². The maximum absolute atomic E-state index is 5.72. The van der Waals surface area contributed by atoms with E-state index in [2.05, 4.69) is 48.6 Å². The highest BCUT2D eigenvalue weighted by Gasteiger charge is 2.17. The first-order valence-corrected chi connectivity index (χ1v) is 8.81. The van der Waals surface area contributed by atoms with Crippen LogP contribution >= 0.6 is 11.5 Å². The van der Waals surface area contributed by atoms with Crippen molar-refractivity contribution in [3.63, 3.8) is 0 Å². The van der Waals surface area contributed by atoms with Crippen molar-refractivity contribution in [2.75, 3.05) is 13.7 Å². The Kier molecular flexibility index (Phi) is 3.77. The standard InChI is InChI=1S/C20H19NO2S/c1-12-8-16(10-18(22-3)13(12)2)20-17(11-21-24-20)15-5-4-14-6-7-23-19(14)9-15/h4-5,8-11H,6-7H2,1-3H3. The van der Waals surface area contributed by atoms with Gasteiger partial charge < -0.3 is 9.47 Å². The highest BCUT2D eigenvalue weighted by Crippen LogP contribution is 2.40. The number of hydrogen-bond donors (Lipinski definition) is 0. The van der Waals surface area contributed by atoms with Crippen LogP contribution in [0.1, 0.15) is 16.7 Å². The number of methoxy groups -OCH3 is 1. The van der Waals surface area contributed by atoms with Crippen LogP contribution in [0.4, 0.5) is 0 Å².